The Bertz CT molecular complexity index is 256. The van der Waals surface area contributed by atoms with Crippen molar-refractivity contribution in [2.75, 3.05) is 0 Å². The topological polar surface area (TPSA) is 35.5 Å². The molecule has 0 aromatic heterocycles. The molecule has 0 N–H and O–H groups in total. The molecule has 0 bridgehead atoms. The SMILES string of the molecule is CC1(C)CC(N=C=[Se])C(C)(C)N1[O]. The van der Waals surface area contributed by atoms with Crippen LogP contribution in [0, 0.1) is 0 Å². The Kier molecular flexibility index (Phi) is 2.82. The van der Waals surface area contributed by atoms with E-state index in [9.17, 15) is 5.21 Å². The van der Waals surface area contributed by atoms with Gasteiger partial charge >= 0.3 is 86.8 Å². The molecule has 73 valence electrons. The maximum atomic E-state index is 11.9. The van der Waals surface area contributed by atoms with Gasteiger partial charge in [0.05, 0.1) is 0 Å². The average Bonchev–Trinajstić information content (AvgIpc) is 2.14. The normalized spacial score (nSPS) is 31.3. The average molecular weight is 246 g/mol. The molecule has 0 aromatic rings. The fraction of sp³-hybridized carbons (Fsp3) is 0.889. The third kappa shape index (κ3) is 1.78. The van der Waals surface area contributed by atoms with Gasteiger partial charge in [-0.15, -0.1) is 0 Å². The predicted octanol–water partition coefficient (Wildman–Crippen LogP) is 1.04. The van der Waals surface area contributed by atoms with Crippen LogP contribution in [0.5, 0.6) is 0 Å². The third-order valence-electron chi connectivity index (χ3n) is 2.79. The van der Waals surface area contributed by atoms with Crippen LogP contribution in [0.15, 0.2) is 4.99 Å². The molecule has 3 nitrogen and oxygen atoms in total. The van der Waals surface area contributed by atoms with Gasteiger partial charge in [-0.3, -0.25) is 0 Å². The zero-order valence-electron chi connectivity index (χ0n) is 8.50. The van der Waals surface area contributed by atoms with Crippen molar-refractivity contribution in [2.45, 2.75) is 51.2 Å². The zero-order chi connectivity index (χ0) is 10.3. The Morgan fingerprint density at radius 3 is 2.31 bits per heavy atom. The number of nitrogens with zero attached hydrogens (tertiary/aromatic N) is 2. The molecule has 0 aliphatic carbocycles. The molecule has 0 amide bonds. The summed E-state index contributed by atoms with van der Waals surface area (Å²) in [5.74, 6) is 0. The molecule has 1 aliphatic heterocycles. The fourth-order valence-corrected chi connectivity index (χ4v) is 2.26. The summed E-state index contributed by atoms with van der Waals surface area (Å²) >= 11 is 2.61. The molecule has 1 fully saturated rings. The molecule has 0 saturated carbocycles. The second-order valence-electron chi connectivity index (χ2n) is 4.70. The fourth-order valence-electron chi connectivity index (χ4n) is 1.99. The molecule has 1 unspecified atom stereocenters. The first-order chi connectivity index (χ1) is 5.82. The third-order valence-corrected chi connectivity index (χ3v) is 3.01. The van der Waals surface area contributed by atoms with Crippen molar-refractivity contribution < 1.29 is 5.21 Å². The van der Waals surface area contributed by atoms with Gasteiger partial charge < -0.3 is 0 Å². The summed E-state index contributed by atoms with van der Waals surface area (Å²) in [5.41, 5.74) is -0.727. The van der Waals surface area contributed by atoms with Crippen molar-refractivity contribution in [1.82, 2.24) is 5.06 Å². The van der Waals surface area contributed by atoms with Gasteiger partial charge in [0.15, 0.2) is 0 Å². The molecule has 1 atom stereocenters. The molecular weight excluding hydrogens is 231 g/mol. The minimum absolute atomic E-state index is 0.0428. The molecule has 13 heavy (non-hydrogen) atoms. The van der Waals surface area contributed by atoms with Crippen LogP contribution in [0.4, 0.5) is 0 Å². The van der Waals surface area contributed by atoms with E-state index >= 15 is 0 Å². The summed E-state index contributed by atoms with van der Waals surface area (Å²) in [6.07, 6.45) is 0.790. The zero-order valence-corrected chi connectivity index (χ0v) is 10.2. The van der Waals surface area contributed by atoms with E-state index in [0.717, 1.165) is 11.5 Å². The number of rotatable bonds is 1. The van der Waals surface area contributed by atoms with Crippen LogP contribution in [0.1, 0.15) is 34.1 Å². The first-order valence-electron chi connectivity index (χ1n) is 4.37. The van der Waals surface area contributed by atoms with Gasteiger partial charge in [0.2, 0.25) is 0 Å². The van der Waals surface area contributed by atoms with Gasteiger partial charge in [-0.25, -0.2) is 0 Å². The monoisotopic (exact) mass is 247 g/mol. The number of aliphatic imine (C=N–C) groups is 1. The van der Waals surface area contributed by atoms with Crippen LogP contribution in [-0.2, 0) is 5.21 Å². The van der Waals surface area contributed by atoms with Crippen LogP contribution >= 0.6 is 0 Å². The number of hydrogen-bond acceptors (Lipinski definition) is 2. The van der Waals surface area contributed by atoms with Gasteiger partial charge in [0.1, 0.15) is 0 Å². The van der Waals surface area contributed by atoms with Crippen molar-refractivity contribution in [1.29, 1.82) is 0 Å². The molecule has 1 rings (SSSR count). The molecule has 1 heterocycles. The summed E-state index contributed by atoms with van der Waals surface area (Å²) < 4.78 is 2.66. The molecule has 4 heteroatoms. The molecule has 1 saturated heterocycles. The van der Waals surface area contributed by atoms with Crippen LogP contribution in [-0.4, -0.2) is 42.5 Å². The molecule has 0 aromatic carbocycles. The van der Waals surface area contributed by atoms with E-state index < -0.39 is 5.54 Å². The quantitative estimate of drug-likeness (QED) is 0.503. The first kappa shape index (κ1) is 11.1. The van der Waals surface area contributed by atoms with E-state index in [1.807, 2.05) is 27.7 Å². The van der Waals surface area contributed by atoms with Gasteiger partial charge in [0, 0.05) is 0 Å². The Hall–Kier alpha value is 0.0195. The molecule has 0 spiro atoms. The van der Waals surface area contributed by atoms with Crippen molar-refractivity contribution in [3.8, 4) is 0 Å². The van der Waals surface area contributed by atoms with Gasteiger partial charge in [-0.2, -0.15) is 0 Å². The van der Waals surface area contributed by atoms with E-state index in [4.69, 9.17) is 0 Å². The van der Waals surface area contributed by atoms with Gasteiger partial charge in [-0.05, 0) is 0 Å². The molecular formula is C9H15N2OSe. The number of hydroxylamine groups is 2. The Balaban J connectivity index is 2.99. The number of hydrogen-bond donors (Lipinski definition) is 0. The standard InChI is InChI=1S/C9H15N2OSe/c1-8(2)5-7(10-6-13)9(3,4)11(8)12/h7H,5H2,1-4H3. The second-order valence-corrected chi connectivity index (χ2v) is 5.08. The van der Waals surface area contributed by atoms with Crippen molar-refractivity contribution in [2.24, 2.45) is 4.99 Å². The Labute approximate surface area is 87.2 Å². The van der Waals surface area contributed by atoms with E-state index in [1.165, 1.54) is 0 Å². The van der Waals surface area contributed by atoms with Crippen LogP contribution in [0.2, 0.25) is 0 Å². The van der Waals surface area contributed by atoms with Crippen molar-refractivity contribution >= 4 is 20.3 Å². The first-order valence-corrected chi connectivity index (χ1v) is 5.22. The second kappa shape index (κ2) is 3.30. The molecule has 1 aliphatic rings. The van der Waals surface area contributed by atoms with Gasteiger partial charge in [0.25, 0.3) is 0 Å². The van der Waals surface area contributed by atoms with Gasteiger partial charge in [-0.1, -0.05) is 0 Å². The Morgan fingerprint density at radius 2 is 2.00 bits per heavy atom. The maximum absolute atomic E-state index is 11.9. The Morgan fingerprint density at radius 1 is 1.46 bits per heavy atom. The van der Waals surface area contributed by atoms with E-state index in [2.05, 4.69) is 25.3 Å². The van der Waals surface area contributed by atoms with E-state index in [0.29, 0.717) is 0 Å². The van der Waals surface area contributed by atoms with Crippen LogP contribution < -0.4 is 0 Å². The van der Waals surface area contributed by atoms with Crippen LogP contribution in [0.25, 0.3) is 0 Å². The van der Waals surface area contributed by atoms with E-state index in [1.54, 1.807) is 0 Å². The minimum atomic E-state index is -0.416. The van der Waals surface area contributed by atoms with E-state index in [-0.39, 0.29) is 11.6 Å². The summed E-state index contributed by atoms with van der Waals surface area (Å²) in [4.78, 5) is 4.18. The van der Waals surface area contributed by atoms with Crippen molar-refractivity contribution in [3.05, 3.63) is 0 Å². The van der Waals surface area contributed by atoms with Crippen molar-refractivity contribution in [3.63, 3.8) is 0 Å². The van der Waals surface area contributed by atoms with Crippen LogP contribution in [0.3, 0.4) is 0 Å². The summed E-state index contributed by atoms with van der Waals surface area (Å²) in [6.45, 7) is 7.77. The summed E-state index contributed by atoms with van der Waals surface area (Å²) in [6, 6.07) is 0.0428. The summed E-state index contributed by atoms with van der Waals surface area (Å²) in [5, 5.41) is 13.0. The molecule has 1 radical (unpaired) electrons. The predicted molar refractivity (Wildman–Crippen MR) is 52.3 cm³/mol. The summed E-state index contributed by atoms with van der Waals surface area (Å²) in [7, 11) is 0.